The maximum Gasteiger partial charge on any atom is 0.225 e. The van der Waals surface area contributed by atoms with E-state index in [0.29, 0.717) is 50.4 Å². The monoisotopic (exact) mass is 442 g/mol. The van der Waals surface area contributed by atoms with E-state index in [9.17, 15) is 4.79 Å². The van der Waals surface area contributed by atoms with Crippen LogP contribution in [0, 0.1) is 0 Å². The third-order valence-corrected chi connectivity index (χ3v) is 5.11. The zero-order valence-corrected chi connectivity index (χ0v) is 19.5. The fourth-order valence-corrected chi connectivity index (χ4v) is 3.27. The Morgan fingerprint density at radius 3 is 2.47 bits per heavy atom. The van der Waals surface area contributed by atoms with E-state index in [1.807, 2.05) is 11.8 Å². The van der Waals surface area contributed by atoms with Gasteiger partial charge >= 0.3 is 0 Å². The third-order valence-electron chi connectivity index (χ3n) is 5.11. The molecule has 10 nitrogen and oxygen atoms in total. The van der Waals surface area contributed by atoms with Gasteiger partial charge in [-0.1, -0.05) is 20.8 Å². The highest BCUT2D eigenvalue weighted by atomic mass is 16.4. The average Bonchev–Trinajstić information content (AvgIpc) is 3.28. The molecule has 2 aromatic heterocycles. The van der Waals surface area contributed by atoms with Crippen molar-refractivity contribution in [3.8, 4) is 0 Å². The second-order valence-electron chi connectivity index (χ2n) is 8.66. The molecule has 1 amide bonds. The summed E-state index contributed by atoms with van der Waals surface area (Å²) < 4.78 is 5.79. The van der Waals surface area contributed by atoms with Gasteiger partial charge in [-0.05, 0) is 13.0 Å². The fourth-order valence-electron chi connectivity index (χ4n) is 3.27. The number of guanidine groups is 1. The van der Waals surface area contributed by atoms with Crippen LogP contribution in [0.5, 0.6) is 0 Å². The van der Waals surface area contributed by atoms with E-state index >= 15 is 0 Å². The van der Waals surface area contributed by atoms with Gasteiger partial charge in [0.1, 0.15) is 12.3 Å². The number of nitrogens with zero attached hydrogens (tertiary/aromatic N) is 6. The van der Waals surface area contributed by atoms with E-state index in [4.69, 9.17) is 4.42 Å². The average molecular weight is 443 g/mol. The van der Waals surface area contributed by atoms with Crippen LogP contribution in [0.25, 0.3) is 0 Å². The molecule has 3 rings (SSSR count). The van der Waals surface area contributed by atoms with Crippen molar-refractivity contribution in [3.05, 3.63) is 36.3 Å². The molecule has 2 N–H and O–H groups in total. The van der Waals surface area contributed by atoms with Crippen LogP contribution in [0.1, 0.15) is 45.8 Å². The summed E-state index contributed by atoms with van der Waals surface area (Å²) in [4.78, 5) is 34.0. The van der Waals surface area contributed by atoms with Crippen molar-refractivity contribution in [2.75, 3.05) is 44.2 Å². The molecular formula is C22H34N8O2. The summed E-state index contributed by atoms with van der Waals surface area (Å²) in [5.74, 6) is 2.90. The Bertz CT molecular complexity index is 883. The molecule has 174 valence electrons. The summed E-state index contributed by atoms with van der Waals surface area (Å²) in [5.41, 5.74) is -0.0856. The second-order valence-corrected chi connectivity index (χ2v) is 8.66. The summed E-state index contributed by atoms with van der Waals surface area (Å²) in [5, 5.41) is 6.42. The number of rotatable bonds is 7. The van der Waals surface area contributed by atoms with Gasteiger partial charge in [-0.2, -0.15) is 0 Å². The molecule has 0 unspecified atom stereocenters. The highest BCUT2D eigenvalue weighted by Crippen LogP contribution is 2.22. The Balaban J connectivity index is 1.43. The van der Waals surface area contributed by atoms with Gasteiger partial charge in [0.05, 0.1) is 6.20 Å². The first-order chi connectivity index (χ1) is 15.4. The zero-order chi connectivity index (χ0) is 23.0. The number of oxazole rings is 1. The van der Waals surface area contributed by atoms with Crippen molar-refractivity contribution in [2.24, 2.45) is 4.99 Å². The van der Waals surface area contributed by atoms with Crippen LogP contribution < -0.4 is 15.5 Å². The summed E-state index contributed by atoms with van der Waals surface area (Å²) in [6.07, 6.45) is 5.63. The van der Waals surface area contributed by atoms with Gasteiger partial charge in [-0.15, -0.1) is 0 Å². The lowest BCUT2D eigenvalue weighted by molar-refractivity contribution is -0.131. The molecule has 0 saturated carbocycles. The lowest BCUT2D eigenvalue weighted by atomic mass is 9.94. The van der Waals surface area contributed by atoms with Crippen molar-refractivity contribution >= 4 is 17.8 Å². The number of hydrogen-bond donors (Lipinski definition) is 2. The molecule has 0 aromatic carbocycles. The number of aliphatic imine (C=N–C) groups is 1. The standard InChI is InChI=1S/C22H34N8O2/c1-5-23-20(28-16-18-27-15-17(32-18)22(2,3)4)24-10-7-19(31)29-11-13-30(14-12-29)21-25-8-6-9-26-21/h6,8-9,15H,5,7,10-14,16H2,1-4H3,(H2,23,24,28). The molecule has 0 bridgehead atoms. The van der Waals surface area contributed by atoms with Gasteiger partial charge in [-0.25, -0.2) is 19.9 Å². The molecule has 0 aliphatic carbocycles. The van der Waals surface area contributed by atoms with Crippen LogP contribution in [0.15, 0.2) is 34.1 Å². The summed E-state index contributed by atoms with van der Waals surface area (Å²) in [6, 6.07) is 1.80. The minimum atomic E-state index is -0.0856. The number of carbonyl (C=O) groups is 1. The summed E-state index contributed by atoms with van der Waals surface area (Å²) in [7, 11) is 0. The Labute approximate surface area is 189 Å². The predicted molar refractivity (Wildman–Crippen MR) is 123 cm³/mol. The summed E-state index contributed by atoms with van der Waals surface area (Å²) >= 11 is 0. The van der Waals surface area contributed by atoms with E-state index in [0.717, 1.165) is 25.4 Å². The number of nitrogens with one attached hydrogen (secondary N) is 2. The second kappa shape index (κ2) is 10.9. The fraction of sp³-hybridized carbons (Fsp3) is 0.591. The maximum atomic E-state index is 12.6. The quantitative estimate of drug-likeness (QED) is 0.491. The van der Waals surface area contributed by atoms with Crippen LogP contribution in [0.2, 0.25) is 0 Å². The van der Waals surface area contributed by atoms with Crippen molar-refractivity contribution in [1.82, 2.24) is 30.5 Å². The molecule has 10 heteroatoms. The minimum Gasteiger partial charge on any atom is -0.443 e. The molecule has 2 aromatic rings. The van der Waals surface area contributed by atoms with E-state index < -0.39 is 0 Å². The van der Waals surface area contributed by atoms with E-state index in [1.54, 1.807) is 24.7 Å². The molecule has 1 aliphatic rings. The van der Waals surface area contributed by atoms with Crippen molar-refractivity contribution in [2.45, 2.75) is 46.1 Å². The van der Waals surface area contributed by atoms with Gasteiger partial charge in [0.2, 0.25) is 17.7 Å². The van der Waals surface area contributed by atoms with Crippen LogP contribution >= 0.6 is 0 Å². The van der Waals surface area contributed by atoms with Crippen LogP contribution in [0.3, 0.4) is 0 Å². The molecule has 0 spiro atoms. The van der Waals surface area contributed by atoms with Gasteiger partial charge in [0.15, 0.2) is 5.96 Å². The smallest absolute Gasteiger partial charge is 0.225 e. The Hall–Kier alpha value is -3.17. The van der Waals surface area contributed by atoms with Crippen molar-refractivity contribution in [3.63, 3.8) is 0 Å². The highest BCUT2D eigenvalue weighted by molar-refractivity contribution is 5.81. The maximum absolute atomic E-state index is 12.6. The normalized spacial score (nSPS) is 15.1. The van der Waals surface area contributed by atoms with Crippen LogP contribution in [0.4, 0.5) is 5.95 Å². The van der Waals surface area contributed by atoms with E-state index in [1.165, 1.54) is 0 Å². The highest BCUT2D eigenvalue weighted by Gasteiger charge is 2.22. The summed E-state index contributed by atoms with van der Waals surface area (Å²) in [6.45, 7) is 12.6. The van der Waals surface area contributed by atoms with Gasteiger partial charge < -0.3 is 24.9 Å². The van der Waals surface area contributed by atoms with Crippen molar-refractivity contribution in [1.29, 1.82) is 0 Å². The Morgan fingerprint density at radius 1 is 1.12 bits per heavy atom. The number of carbonyl (C=O) groups excluding carboxylic acids is 1. The first-order valence-electron chi connectivity index (χ1n) is 11.1. The third kappa shape index (κ3) is 6.66. The number of anilines is 1. The van der Waals surface area contributed by atoms with E-state index in [2.05, 4.69) is 56.2 Å². The van der Waals surface area contributed by atoms with E-state index in [-0.39, 0.29) is 11.3 Å². The SMILES string of the molecule is CCNC(=NCc1ncc(C(C)(C)C)o1)NCCC(=O)N1CCN(c2ncccn2)CC1. The molecule has 1 aliphatic heterocycles. The molecule has 3 heterocycles. The molecule has 1 fully saturated rings. The number of hydrogen-bond acceptors (Lipinski definition) is 7. The van der Waals surface area contributed by atoms with Gasteiger partial charge in [0.25, 0.3) is 0 Å². The Morgan fingerprint density at radius 2 is 1.84 bits per heavy atom. The Kier molecular flexibility index (Phi) is 8.02. The van der Waals surface area contributed by atoms with Gasteiger partial charge in [0, 0.05) is 63.5 Å². The molecule has 0 atom stereocenters. The van der Waals surface area contributed by atoms with Gasteiger partial charge in [-0.3, -0.25) is 4.79 Å². The number of piperazine rings is 1. The molecule has 32 heavy (non-hydrogen) atoms. The van der Waals surface area contributed by atoms with Crippen LogP contribution in [-0.2, 0) is 16.8 Å². The first-order valence-corrected chi connectivity index (χ1v) is 11.1. The largest absolute Gasteiger partial charge is 0.443 e. The minimum absolute atomic E-state index is 0.0856. The van der Waals surface area contributed by atoms with Crippen molar-refractivity contribution < 1.29 is 9.21 Å². The molecule has 1 saturated heterocycles. The molecule has 0 radical (unpaired) electrons. The predicted octanol–water partition coefficient (Wildman–Crippen LogP) is 1.56. The molecular weight excluding hydrogens is 408 g/mol. The van der Waals surface area contributed by atoms with Crippen LogP contribution in [-0.4, -0.2) is 71.0 Å². The topological polar surface area (TPSA) is 112 Å². The first kappa shape index (κ1) is 23.5. The lowest BCUT2D eigenvalue weighted by Gasteiger charge is -2.34. The lowest BCUT2D eigenvalue weighted by Crippen LogP contribution is -2.50. The number of amides is 1. The number of aromatic nitrogens is 3. The zero-order valence-electron chi connectivity index (χ0n) is 19.5.